The lowest BCUT2D eigenvalue weighted by molar-refractivity contribution is -0.122. The summed E-state index contributed by atoms with van der Waals surface area (Å²) >= 11 is 0. The Morgan fingerprint density at radius 2 is 1.79 bits per heavy atom. The number of benzene rings is 1. The molecule has 4 N–H and O–H groups in total. The van der Waals surface area contributed by atoms with Crippen LogP contribution < -0.4 is 21.3 Å². The van der Waals surface area contributed by atoms with Crippen LogP contribution in [-0.4, -0.2) is 26.0 Å². The van der Waals surface area contributed by atoms with Gasteiger partial charge in [0.2, 0.25) is 11.8 Å². The number of carbonyl (C=O) groups excluding carboxylic acids is 2. The summed E-state index contributed by atoms with van der Waals surface area (Å²) in [6.45, 7) is 1.31. The van der Waals surface area contributed by atoms with Crippen molar-refractivity contribution >= 4 is 11.8 Å². The zero-order chi connectivity index (χ0) is 14.7. The molecule has 106 valence electrons. The average molecular weight is 267 g/mol. The lowest BCUT2D eigenvalue weighted by Gasteiger charge is -2.04. The summed E-state index contributed by atoms with van der Waals surface area (Å²) in [5.74, 6) is 0.492. The first-order valence-electron chi connectivity index (χ1n) is 5.84. The molecule has 0 radical (unpaired) electrons. The van der Waals surface area contributed by atoms with E-state index in [2.05, 4.69) is 16.6 Å². The number of aryl methyl sites for hydroxylation is 1. The molecule has 0 heterocycles. The molecule has 6 nitrogen and oxygen atoms in total. The van der Waals surface area contributed by atoms with Crippen LogP contribution in [0.15, 0.2) is 24.3 Å². The number of nitrogens with two attached hydrogens (primary N) is 1. The van der Waals surface area contributed by atoms with Gasteiger partial charge in [0.05, 0.1) is 7.11 Å². The summed E-state index contributed by atoms with van der Waals surface area (Å²) < 4.78 is 5.04. The van der Waals surface area contributed by atoms with Gasteiger partial charge in [-0.3, -0.25) is 15.0 Å². The summed E-state index contributed by atoms with van der Waals surface area (Å²) in [5, 5.41) is 0. The van der Waals surface area contributed by atoms with E-state index in [0.29, 0.717) is 6.42 Å². The van der Waals surface area contributed by atoms with E-state index in [1.807, 2.05) is 24.3 Å². The largest absolute Gasteiger partial charge is 0.497 e. The van der Waals surface area contributed by atoms with Gasteiger partial charge in [-0.15, -0.1) is 0 Å². The maximum Gasteiger partial charge on any atom is 0.234 e. The maximum atomic E-state index is 11.1. The third kappa shape index (κ3) is 9.61. The Labute approximate surface area is 113 Å². The van der Waals surface area contributed by atoms with Crippen molar-refractivity contribution in [1.82, 2.24) is 10.9 Å². The van der Waals surface area contributed by atoms with Gasteiger partial charge in [-0.2, -0.15) is 0 Å². The highest BCUT2D eigenvalue weighted by atomic mass is 16.5. The van der Waals surface area contributed by atoms with Crippen molar-refractivity contribution in [1.29, 1.82) is 0 Å². The van der Waals surface area contributed by atoms with Gasteiger partial charge in [0.25, 0.3) is 0 Å². The monoisotopic (exact) mass is 267 g/mol. The minimum Gasteiger partial charge on any atom is -0.497 e. The molecule has 1 rings (SSSR count). The van der Waals surface area contributed by atoms with Crippen molar-refractivity contribution in [2.45, 2.75) is 19.8 Å². The summed E-state index contributed by atoms with van der Waals surface area (Å²) in [6, 6.07) is 7.72. The molecule has 0 bridgehead atoms. The number of amides is 2. The molecule has 0 saturated heterocycles. The lowest BCUT2D eigenvalue weighted by atomic mass is 10.1. The molecule has 0 aliphatic carbocycles. The molecule has 0 fully saturated rings. The molecule has 19 heavy (non-hydrogen) atoms. The Kier molecular flexibility index (Phi) is 8.82. The number of ether oxygens (including phenoxy) is 1. The number of rotatable bonds is 5. The van der Waals surface area contributed by atoms with Crippen LogP contribution in [0.2, 0.25) is 0 Å². The molecule has 6 heteroatoms. The van der Waals surface area contributed by atoms with E-state index in [9.17, 15) is 9.59 Å². The van der Waals surface area contributed by atoms with Crippen LogP contribution in [0.3, 0.4) is 0 Å². The number of nitrogens with one attached hydrogen (secondary N) is 2. The lowest BCUT2D eigenvalue weighted by Crippen LogP contribution is -2.34. The zero-order valence-corrected chi connectivity index (χ0v) is 11.5. The van der Waals surface area contributed by atoms with Crippen LogP contribution in [0.25, 0.3) is 0 Å². The van der Waals surface area contributed by atoms with Crippen LogP contribution in [0.5, 0.6) is 5.75 Å². The Bertz CT molecular complexity index is 387. The van der Waals surface area contributed by atoms with Crippen LogP contribution >= 0.6 is 0 Å². The first-order valence-corrected chi connectivity index (χ1v) is 5.84. The second-order valence-electron chi connectivity index (χ2n) is 3.76. The number of hydrogen-bond donors (Lipinski definition) is 3. The molecular weight excluding hydrogens is 246 g/mol. The second-order valence-corrected chi connectivity index (χ2v) is 3.76. The Morgan fingerprint density at radius 3 is 2.21 bits per heavy atom. The smallest absolute Gasteiger partial charge is 0.234 e. The molecule has 2 amide bonds. The Balaban J connectivity index is 0.000000711. The van der Waals surface area contributed by atoms with Crippen LogP contribution in [0, 0.1) is 0 Å². The highest BCUT2D eigenvalue weighted by molar-refractivity contribution is 5.75. The van der Waals surface area contributed by atoms with E-state index >= 15 is 0 Å². The van der Waals surface area contributed by atoms with Crippen molar-refractivity contribution in [3.63, 3.8) is 0 Å². The summed E-state index contributed by atoms with van der Waals surface area (Å²) in [6.07, 6.45) is 1.21. The van der Waals surface area contributed by atoms with Crippen LogP contribution in [0.4, 0.5) is 0 Å². The Morgan fingerprint density at radius 1 is 1.26 bits per heavy atom. The molecule has 0 aliphatic rings. The fourth-order valence-electron chi connectivity index (χ4n) is 1.25. The quantitative estimate of drug-likeness (QED) is 0.672. The fourth-order valence-corrected chi connectivity index (χ4v) is 1.25. The molecule has 0 spiro atoms. The predicted octanol–water partition coefficient (Wildman–Crippen LogP) is 0.370. The molecule has 0 aromatic heterocycles. The minimum atomic E-state index is -0.333. The third-order valence-corrected chi connectivity index (χ3v) is 2.06. The van der Waals surface area contributed by atoms with Gasteiger partial charge in [0.15, 0.2) is 0 Å². The number of carbonyl (C=O) groups is 2. The van der Waals surface area contributed by atoms with Crippen LogP contribution in [0.1, 0.15) is 18.9 Å². The molecule has 0 unspecified atom stereocenters. The van der Waals surface area contributed by atoms with Gasteiger partial charge < -0.3 is 10.5 Å². The van der Waals surface area contributed by atoms with Gasteiger partial charge in [0.1, 0.15) is 5.75 Å². The molecular formula is C13H21N3O3. The van der Waals surface area contributed by atoms with E-state index in [1.54, 1.807) is 14.2 Å². The first kappa shape index (κ1) is 16.9. The number of hydrazine groups is 1. The van der Waals surface area contributed by atoms with Crippen molar-refractivity contribution in [2.24, 2.45) is 5.73 Å². The molecule has 1 aromatic carbocycles. The number of methoxy groups -OCH3 is 1. The summed E-state index contributed by atoms with van der Waals surface area (Å²) in [4.78, 5) is 20.4. The van der Waals surface area contributed by atoms with E-state index in [0.717, 1.165) is 17.7 Å². The summed E-state index contributed by atoms with van der Waals surface area (Å²) in [7, 11) is 3.31. The number of hydrogen-bond acceptors (Lipinski definition) is 4. The minimum absolute atomic E-state index is 0.00619. The first-order chi connectivity index (χ1) is 8.99. The zero-order valence-electron chi connectivity index (χ0n) is 11.5. The highest BCUT2D eigenvalue weighted by Crippen LogP contribution is 2.12. The predicted molar refractivity (Wildman–Crippen MR) is 73.4 cm³/mol. The van der Waals surface area contributed by atoms with Crippen molar-refractivity contribution in [3.8, 4) is 5.75 Å². The topological polar surface area (TPSA) is 93.5 Å². The molecule has 1 aromatic rings. The fraction of sp³-hybridized carbons (Fsp3) is 0.385. The van der Waals surface area contributed by atoms with E-state index in [1.165, 1.54) is 6.92 Å². The SMILES string of the molecule is CC(N)=O.CNNC(=O)CCc1ccc(OC)cc1. The van der Waals surface area contributed by atoms with Crippen molar-refractivity contribution in [2.75, 3.05) is 14.2 Å². The van der Waals surface area contributed by atoms with Gasteiger partial charge >= 0.3 is 0 Å². The van der Waals surface area contributed by atoms with E-state index < -0.39 is 0 Å². The van der Waals surface area contributed by atoms with E-state index in [4.69, 9.17) is 4.74 Å². The standard InChI is InChI=1S/C11H16N2O2.C2H5NO/c1-12-13-11(14)8-5-9-3-6-10(15-2)7-4-9;1-2(3)4/h3-4,6-7,12H,5,8H2,1-2H3,(H,13,14);1H3,(H2,3,4). The second kappa shape index (κ2) is 9.90. The third-order valence-electron chi connectivity index (χ3n) is 2.06. The van der Waals surface area contributed by atoms with Crippen molar-refractivity contribution in [3.05, 3.63) is 29.8 Å². The maximum absolute atomic E-state index is 11.1. The Hall–Kier alpha value is -2.08. The number of primary amides is 1. The normalized spacial score (nSPS) is 9.00. The van der Waals surface area contributed by atoms with Crippen LogP contribution in [-0.2, 0) is 16.0 Å². The van der Waals surface area contributed by atoms with Gasteiger partial charge in [-0.05, 0) is 24.1 Å². The van der Waals surface area contributed by atoms with Crippen molar-refractivity contribution < 1.29 is 14.3 Å². The summed E-state index contributed by atoms with van der Waals surface area (Å²) in [5.41, 5.74) is 10.7. The van der Waals surface area contributed by atoms with Gasteiger partial charge in [-0.1, -0.05) is 12.1 Å². The highest BCUT2D eigenvalue weighted by Gasteiger charge is 2.00. The molecule has 0 atom stereocenters. The van der Waals surface area contributed by atoms with Gasteiger partial charge in [0, 0.05) is 20.4 Å². The van der Waals surface area contributed by atoms with Gasteiger partial charge in [-0.25, -0.2) is 5.43 Å². The van der Waals surface area contributed by atoms with E-state index in [-0.39, 0.29) is 11.8 Å². The molecule has 0 aliphatic heterocycles. The molecule has 0 saturated carbocycles. The average Bonchev–Trinajstić information content (AvgIpc) is 2.37.